The van der Waals surface area contributed by atoms with Crippen molar-refractivity contribution in [2.75, 3.05) is 24.5 Å². The number of fused-ring (bicyclic) bond motifs is 1. The van der Waals surface area contributed by atoms with Crippen molar-refractivity contribution in [2.24, 2.45) is 11.7 Å². The lowest BCUT2D eigenvalue weighted by molar-refractivity contribution is 0.175. The van der Waals surface area contributed by atoms with Crippen molar-refractivity contribution in [3.05, 3.63) is 29.8 Å². The van der Waals surface area contributed by atoms with Gasteiger partial charge in [0.25, 0.3) is 0 Å². The van der Waals surface area contributed by atoms with Crippen LogP contribution in [0.15, 0.2) is 24.3 Å². The summed E-state index contributed by atoms with van der Waals surface area (Å²) in [6, 6.07) is 8.28. The number of anilines is 1. The van der Waals surface area contributed by atoms with Gasteiger partial charge in [-0.05, 0) is 36.8 Å². The van der Waals surface area contributed by atoms with Crippen LogP contribution >= 0.6 is 0 Å². The zero-order chi connectivity index (χ0) is 14.1. The monoisotopic (exact) mass is 273 g/mol. The largest absolute Gasteiger partial charge is 0.326 e. The third-order valence-corrected chi connectivity index (χ3v) is 4.34. The molecule has 4 nitrogen and oxygen atoms in total. The maximum Gasteiger partial charge on any atom is 0.324 e. The van der Waals surface area contributed by atoms with Gasteiger partial charge in [-0.25, -0.2) is 4.79 Å². The van der Waals surface area contributed by atoms with E-state index in [1.165, 1.54) is 12.0 Å². The van der Waals surface area contributed by atoms with Crippen molar-refractivity contribution in [2.45, 2.75) is 32.2 Å². The zero-order valence-corrected chi connectivity index (χ0v) is 12.1. The summed E-state index contributed by atoms with van der Waals surface area (Å²) in [6.07, 6.45) is 3.19. The van der Waals surface area contributed by atoms with Gasteiger partial charge < -0.3 is 10.6 Å². The summed E-state index contributed by atoms with van der Waals surface area (Å²) in [7, 11) is 0. The lowest BCUT2D eigenvalue weighted by Gasteiger charge is -2.39. The van der Waals surface area contributed by atoms with E-state index in [0.29, 0.717) is 12.5 Å². The van der Waals surface area contributed by atoms with Crippen LogP contribution in [0.25, 0.3) is 0 Å². The molecule has 2 aliphatic rings. The molecule has 1 aromatic carbocycles. The molecule has 0 aromatic heterocycles. The van der Waals surface area contributed by atoms with Crippen molar-refractivity contribution in [3.8, 4) is 0 Å². The van der Waals surface area contributed by atoms with Crippen LogP contribution in [0.5, 0.6) is 0 Å². The second-order valence-electron chi connectivity index (χ2n) is 6.18. The van der Waals surface area contributed by atoms with E-state index in [4.69, 9.17) is 5.73 Å². The first kappa shape index (κ1) is 13.4. The fraction of sp³-hybridized carbons (Fsp3) is 0.562. The molecule has 0 aliphatic carbocycles. The number of nitrogens with two attached hydrogens (primary N) is 1. The van der Waals surface area contributed by atoms with Crippen LogP contribution < -0.4 is 10.6 Å². The first-order valence-electron chi connectivity index (χ1n) is 7.55. The molecule has 0 spiro atoms. The quantitative estimate of drug-likeness (QED) is 0.788. The van der Waals surface area contributed by atoms with E-state index in [9.17, 15) is 4.79 Å². The fourth-order valence-corrected chi connectivity index (χ4v) is 3.34. The minimum absolute atomic E-state index is 0.0380. The van der Waals surface area contributed by atoms with Gasteiger partial charge in [-0.2, -0.15) is 0 Å². The first-order valence-corrected chi connectivity index (χ1v) is 7.55. The summed E-state index contributed by atoms with van der Waals surface area (Å²) in [5, 5.41) is 0. The average molecular weight is 273 g/mol. The minimum atomic E-state index is 0.0380. The Balaban J connectivity index is 1.84. The van der Waals surface area contributed by atoms with Gasteiger partial charge in [-0.3, -0.25) is 4.90 Å². The van der Waals surface area contributed by atoms with Crippen molar-refractivity contribution in [3.63, 3.8) is 0 Å². The maximum absolute atomic E-state index is 12.8. The Morgan fingerprint density at radius 1 is 1.30 bits per heavy atom. The molecule has 1 fully saturated rings. The summed E-state index contributed by atoms with van der Waals surface area (Å²) >= 11 is 0. The van der Waals surface area contributed by atoms with Gasteiger partial charge in [-0.1, -0.05) is 25.1 Å². The third kappa shape index (κ3) is 2.52. The van der Waals surface area contributed by atoms with Crippen molar-refractivity contribution >= 4 is 11.7 Å². The number of piperidine rings is 1. The summed E-state index contributed by atoms with van der Waals surface area (Å²) in [5.41, 5.74) is 8.35. The van der Waals surface area contributed by atoms with E-state index in [-0.39, 0.29) is 12.1 Å². The van der Waals surface area contributed by atoms with E-state index in [1.54, 1.807) is 0 Å². The summed E-state index contributed by atoms with van der Waals surface area (Å²) in [6.45, 7) is 4.58. The molecule has 4 heteroatoms. The van der Waals surface area contributed by atoms with Crippen LogP contribution in [-0.2, 0) is 6.42 Å². The molecule has 2 amide bonds. The molecule has 108 valence electrons. The highest BCUT2D eigenvalue weighted by Crippen LogP contribution is 2.28. The molecule has 0 bridgehead atoms. The van der Waals surface area contributed by atoms with Crippen LogP contribution in [0.2, 0.25) is 0 Å². The summed E-state index contributed by atoms with van der Waals surface area (Å²) < 4.78 is 0. The van der Waals surface area contributed by atoms with Crippen LogP contribution in [0.3, 0.4) is 0 Å². The molecule has 0 saturated carbocycles. The van der Waals surface area contributed by atoms with Crippen LogP contribution in [0.4, 0.5) is 10.5 Å². The molecule has 2 unspecified atom stereocenters. The van der Waals surface area contributed by atoms with Gasteiger partial charge in [0.15, 0.2) is 0 Å². The van der Waals surface area contributed by atoms with Gasteiger partial charge in [0.05, 0.1) is 0 Å². The predicted octanol–water partition coefficient (Wildman–Crippen LogP) is 2.23. The highest BCUT2D eigenvalue weighted by molar-refractivity contribution is 5.93. The molecule has 3 rings (SSSR count). The highest BCUT2D eigenvalue weighted by atomic mass is 16.2. The van der Waals surface area contributed by atoms with Crippen LogP contribution in [-0.4, -0.2) is 36.6 Å². The normalized spacial score (nSPS) is 26.3. The molecular weight excluding hydrogens is 250 g/mol. The van der Waals surface area contributed by atoms with Crippen molar-refractivity contribution in [1.29, 1.82) is 0 Å². The first-order chi connectivity index (χ1) is 9.65. The molecule has 0 radical (unpaired) electrons. The zero-order valence-electron chi connectivity index (χ0n) is 12.1. The molecule has 2 atom stereocenters. The second kappa shape index (κ2) is 5.44. The number of carbonyl (C=O) groups is 1. The van der Waals surface area contributed by atoms with Crippen molar-refractivity contribution < 1.29 is 4.79 Å². The molecule has 1 saturated heterocycles. The number of hydrogen-bond donors (Lipinski definition) is 1. The topological polar surface area (TPSA) is 49.6 Å². The summed E-state index contributed by atoms with van der Waals surface area (Å²) in [5.74, 6) is 0.599. The van der Waals surface area contributed by atoms with E-state index in [2.05, 4.69) is 13.0 Å². The summed E-state index contributed by atoms with van der Waals surface area (Å²) in [4.78, 5) is 16.7. The fourth-order valence-electron chi connectivity index (χ4n) is 3.34. The van der Waals surface area contributed by atoms with Gasteiger partial charge in [0, 0.05) is 31.4 Å². The average Bonchev–Trinajstić information content (AvgIpc) is 2.45. The minimum Gasteiger partial charge on any atom is -0.326 e. The Bertz CT molecular complexity index is 502. The Kier molecular flexibility index (Phi) is 3.66. The number of benzene rings is 1. The molecule has 2 N–H and O–H groups in total. The number of rotatable bonds is 0. The molecular formula is C16H23N3O. The van der Waals surface area contributed by atoms with E-state index >= 15 is 0 Å². The van der Waals surface area contributed by atoms with E-state index in [1.807, 2.05) is 28.0 Å². The molecule has 2 aliphatic heterocycles. The number of para-hydroxylation sites is 1. The maximum atomic E-state index is 12.8. The number of nitrogens with zero attached hydrogens (tertiary/aromatic N) is 2. The lowest BCUT2D eigenvalue weighted by Crippen LogP contribution is -2.53. The van der Waals surface area contributed by atoms with Gasteiger partial charge in [0.2, 0.25) is 0 Å². The van der Waals surface area contributed by atoms with Crippen LogP contribution in [0.1, 0.15) is 25.3 Å². The molecule has 1 aromatic rings. The Labute approximate surface area is 120 Å². The van der Waals surface area contributed by atoms with E-state index in [0.717, 1.165) is 31.6 Å². The highest BCUT2D eigenvalue weighted by Gasteiger charge is 2.31. The number of carbonyl (C=O) groups excluding carboxylic acids is 1. The van der Waals surface area contributed by atoms with Gasteiger partial charge in [0.1, 0.15) is 0 Å². The SMILES string of the molecule is CC1CCCN(C(=O)N2CC(N)Cc3ccccc32)C1. The second-order valence-corrected chi connectivity index (χ2v) is 6.18. The predicted molar refractivity (Wildman–Crippen MR) is 80.8 cm³/mol. The lowest BCUT2D eigenvalue weighted by atomic mass is 9.98. The number of hydrogen-bond acceptors (Lipinski definition) is 2. The number of likely N-dealkylation sites (tertiary alicyclic amines) is 1. The van der Waals surface area contributed by atoms with Gasteiger partial charge >= 0.3 is 6.03 Å². The third-order valence-electron chi connectivity index (χ3n) is 4.34. The number of urea groups is 1. The van der Waals surface area contributed by atoms with Gasteiger partial charge in [-0.15, -0.1) is 0 Å². The van der Waals surface area contributed by atoms with E-state index < -0.39 is 0 Å². The van der Waals surface area contributed by atoms with Crippen LogP contribution in [0, 0.1) is 5.92 Å². The Morgan fingerprint density at radius 2 is 2.10 bits per heavy atom. The smallest absolute Gasteiger partial charge is 0.324 e. The molecule has 2 heterocycles. The standard InChI is InChI=1S/C16H23N3O/c1-12-5-4-8-18(10-12)16(20)19-11-14(17)9-13-6-2-3-7-15(13)19/h2-3,6-7,12,14H,4-5,8-11,17H2,1H3. The molecule has 20 heavy (non-hydrogen) atoms. The Hall–Kier alpha value is -1.55. The van der Waals surface area contributed by atoms with Crippen molar-refractivity contribution in [1.82, 2.24) is 4.90 Å². The number of amides is 2. The Morgan fingerprint density at radius 3 is 2.90 bits per heavy atom.